The number of benzene rings is 1. The maximum atomic E-state index is 12.9. The van der Waals surface area contributed by atoms with Gasteiger partial charge in [-0.25, -0.2) is 0 Å². The fourth-order valence-electron chi connectivity index (χ4n) is 4.96. The lowest BCUT2D eigenvalue weighted by Gasteiger charge is -2.39. The summed E-state index contributed by atoms with van der Waals surface area (Å²) in [7, 11) is 0. The van der Waals surface area contributed by atoms with Gasteiger partial charge in [-0.2, -0.15) is 0 Å². The van der Waals surface area contributed by atoms with E-state index >= 15 is 0 Å². The Morgan fingerprint density at radius 2 is 1.63 bits per heavy atom. The molecule has 1 saturated carbocycles. The third kappa shape index (κ3) is 4.80. The molecule has 6 nitrogen and oxygen atoms in total. The van der Waals surface area contributed by atoms with E-state index in [9.17, 15) is 9.59 Å². The quantitative estimate of drug-likeness (QED) is 0.743. The van der Waals surface area contributed by atoms with Gasteiger partial charge >= 0.3 is 0 Å². The second-order valence-corrected chi connectivity index (χ2v) is 9.19. The minimum Gasteiger partial charge on any atom is -0.490 e. The van der Waals surface area contributed by atoms with Gasteiger partial charge in [-0.05, 0) is 70.2 Å². The Morgan fingerprint density at radius 1 is 0.967 bits per heavy atom. The average molecular weight is 414 g/mol. The van der Waals surface area contributed by atoms with E-state index in [1.807, 2.05) is 29.2 Å². The highest BCUT2D eigenvalue weighted by atomic mass is 16.5. The zero-order chi connectivity index (χ0) is 21.1. The topological polar surface area (TPSA) is 53.1 Å². The van der Waals surface area contributed by atoms with Crippen molar-refractivity contribution < 1.29 is 14.3 Å². The molecule has 0 spiro atoms. The molecule has 0 aromatic heterocycles. The molecule has 0 atom stereocenters. The lowest BCUT2D eigenvalue weighted by Crippen LogP contribution is -2.52. The van der Waals surface area contributed by atoms with E-state index in [1.165, 1.54) is 0 Å². The van der Waals surface area contributed by atoms with E-state index in [4.69, 9.17) is 4.74 Å². The van der Waals surface area contributed by atoms with Gasteiger partial charge in [0.25, 0.3) is 0 Å². The van der Waals surface area contributed by atoms with Crippen molar-refractivity contribution in [2.75, 3.05) is 37.6 Å². The van der Waals surface area contributed by atoms with Gasteiger partial charge < -0.3 is 14.5 Å². The lowest BCUT2D eigenvalue weighted by atomic mass is 9.86. The second-order valence-electron chi connectivity index (χ2n) is 9.19. The van der Waals surface area contributed by atoms with Gasteiger partial charge in [0.2, 0.25) is 11.8 Å². The summed E-state index contributed by atoms with van der Waals surface area (Å²) < 4.78 is 6.18. The molecule has 0 radical (unpaired) electrons. The maximum Gasteiger partial charge on any atom is 0.227 e. The molecule has 30 heavy (non-hydrogen) atoms. The van der Waals surface area contributed by atoms with Gasteiger partial charge in [-0.1, -0.05) is 0 Å². The van der Waals surface area contributed by atoms with Crippen LogP contribution < -0.4 is 9.64 Å². The van der Waals surface area contributed by atoms with Crippen LogP contribution in [0.5, 0.6) is 5.75 Å². The molecule has 0 unspecified atom stereocenters. The van der Waals surface area contributed by atoms with Crippen molar-refractivity contribution in [2.45, 2.75) is 64.5 Å². The molecule has 2 aliphatic heterocycles. The Morgan fingerprint density at radius 3 is 2.20 bits per heavy atom. The van der Waals surface area contributed by atoms with E-state index < -0.39 is 0 Å². The van der Waals surface area contributed by atoms with Gasteiger partial charge in [0.05, 0.1) is 6.10 Å². The number of piperazine rings is 1. The van der Waals surface area contributed by atoms with Gasteiger partial charge in [0, 0.05) is 56.8 Å². The predicted molar refractivity (Wildman–Crippen MR) is 118 cm³/mol. The fraction of sp³-hybridized carbons (Fsp3) is 0.667. The van der Waals surface area contributed by atoms with Crippen LogP contribution >= 0.6 is 0 Å². The summed E-state index contributed by atoms with van der Waals surface area (Å²) in [5.74, 6) is 1.55. The maximum absolute atomic E-state index is 12.9. The standard InChI is InChI=1S/C24H35N3O3/c1-18(2)25-14-16-26(17-15-25)24(29)19-5-9-21(10-6-19)30-22-11-7-20(8-12-22)27-13-3-4-23(27)28/h7-8,11-12,18-19,21H,3-6,9-10,13-17H2,1-2H3. The highest BCUT2D eigenvalue weighted by Crippen LogP contribution is 2.30. The number of rotatable bonds is 5. The molecule has 0 N–H and O–H groups in total. The number of hydrogen-bond donors (Lipinski definition) is 0. The monoisotopic (exact) mass is 413 g/mol. The van der Waals surface area contributed by atoms with Crippen LogP contribution in [0, 0.1) is 5.92 Å². The molecule has 3 fully saturated rings. The molecular formula is C24H35N3O3. The molecule has 3 aliphatic rings. The summed E-state index contributed by atoms with van der Waals surface area (Å²) in [5, 5.41) is 0. The number of anilines is 1. The van der Waals surface area contributed by atoms with Crippen molar-refractivity contribution in [3.8, 4) is 5.75 Å². The van der Waals surface area contributed by atoms with Crippen LogP contribution in [0.2, 0.25) is 0 Å². The van der Waals surface area contributed by atoms with Crippen LogP contribution in [0.1, 0.15) is 52.4 Å². The molecular weight excluding hydrogens is 378 g/mol. The van der Waals surface area contributed by atoms with Crippen molar-refractivity contribution in [3.63, 3.8) is 0 Å². The summed E-state index contributed by atoms with van der Waals surface area (Å²) in [4.78, 5) is 31.2. The van der Waals surface area contributed by atoms with E-state index in [2.05, 4.69) is 23.6 Å². The first kappa shape index (κ1) is 21.2. The number of nitrogens with zero attached hydrogens (tertiary/aromatic N) is 3. The van der Waals surface area contributed by atoms with Crippen molar-refractivity contribution in [1.82, 2.24) is 9.80 Å². The second kappa shape index (κ2) is 9.38. The van der Waals surface area contributed by atoms with Gasteiger partial charge in [-0.15, -0.1) is 0 Å². The minimum atomic E-state index is 0.152. The molecule has 6 heteroatoms. The van der Waals surface area contributed by atoms with E-state index in [0.29, 0.717) is 18.4 Å². The Labute approximate surface area is 180 Å². The van der Waals surface area contributed by atoms with Crippen LogP contribution in [0.15, 0.2) is 24.3 Å². The summed E-state index contributed by atoms with van der Waals surface area (Å²) in [6, 6.07) is 8.44. The normalized spacial score (nSPS) is 25.8. The SMILES string of the molecule is CC(C)N1CCN(C(=O)C2CCC(Oc3ccc(N4CCCC4=O)cc3)CC2)CC1. The molecule has 2 amide bonds. The zero-order valence-corrected chi connectivity index (χ0v) is 18.4. The van der Waals surface area contributed by atoms with Gasteiger partial charge in [-0.3, -0.25) is 14.5 Å². The molecule has 2 saturated heterocycles. The Kier molecular flexibility index (Phi) is 6.61. The van der Waals surface area contributed by atoms with Crippen LogP contribution in [-0.4, -0.2) is 66.5 Å². The first-order chi connectivity index (χ1) is 14.5. The Bertz CT molecular complexity index is 733. The molecule has 164 valence electrons. The highest BCUT2D eigenvalue weighted by Gasteiger charge is 2.32. The van der Waals surface area contributed by atoms with Crippen molar-refractivity contribution in [2.24, 2.45) is 5.92 Å². The van der Waals surface area contributed by atoms with Gasteiger partial charge in [0.1, 0.15) is 5.75 Å². The summed E-state index contributed by atoms with van der Waals surface area (Å²) in [6.45, 7) is 8.94. The third-order valence-corrected chi connectivity index (χ3v) is 6.90. The van der Waals surface area contributed by atoms with Crippen LogP contribution in [0.25, 0.3) is 0 Å². The van der Waals surface area contributed by atoms with Crippen molar-refractivity contribution in [3.05, 3.63) is 24.3 Å². The first-order valence-corrected chi connectivity index (χ1v) is 11.6. The molecule has 2 heterocycles. The number of hydrogen-bond acceptors (Lipinski definition) is 4. The molecule has 4 rings (SSSR count). The van der Waals surface area contributed by atoms with Crippen molar-refractivity contribution >= 4 is 17.5 Å². The molecule has 0 bridgehead atoms. The molecule has 1 aromatic rings. The Hall–Kier alpha value is -2.08. The number of carbonyl (C=O) groups is 2. The molecule has 1 aromatic carbocycles. The zero-order valence-electron chi connectivity index (χ0n) is 18.4. The van der Waals surface area contributed by atoms with E-state index in [0.717, 1.165) is 76.3 Å². The highest BCUT2D eigenvalue weighted by molar-refractivity contribution is 5.95. The first-order valence-electron chi connectivity index (χ1n) is 11.6. The molecule has 1 aliphatic carbocycles. The van der Waals surface area contributed by atoms with Crippen LogP contribution in [0.3, 0.4) is 0 Å². The smallest absolute Gasteiger partial charge is 0.227 e. The van der Waals surface area contributed by atoms with Crippen LogP contribution in [-0.2, 0) is 9.59 Å². The largest absolute Gasteiger partial charge is 0.490 e. The van der Waals surface area contributed by atoms with E-state index in [-0.39, 0.29) is 17.9 Å². The van der Waals surface area contributed by atoms with Gasteiger partial charge in [0.15, 0.2) is 0 Å². The predicted octanol–water partition coefficient (Wildman–Crippen LogP) is 3.30. The van der Waals surface area contributed by atoms with Crippen LogP contribution in [0.4, 0.5) is 5.69 Å². The average Bonchev–Trinajstić information content (AvgIpc) is 3.20. The summed E-state index contributed by atoms with van der Waals surface area (Å²) in [5.41, 5.74) is 0.955. The summed E-state index contributed by atoms with van der Waals surface area (Å²) in [6.07, 6.45) is 5.43. The van der Waals surface area contributed by atoms with Crippen molar-refractivity contribution in [1.29, 1.82) is 0 Å². The number of ether oxygens (including phenoxy) is 1. The Balaban J connectivity index is 1.23. The fourth-order valence-corrected chi connectivity index (χ4v) is 4.96. The number of amides is 2. The third-order valence-electron chi connectivity index (χ3n) is 6.90. The lowest BCUT2D eigenvalue weighted by molar-refractivity contribution is -0.139. The number of carbonyl (C=O) groups excluding carboxylic acids is 2. The summed E-state index contributed by atoms with van der Waals surface area (Å²) >= 11 is 0. The minimum absolute atomic E-state index is 0.152. The van der Waals surface area contributed by atoms with E-state index in [1.54, 1.807) is 0 Å².